The molecule has 0 fully saturated rings. The second-order valence-electron chi connectivity index (χ2n) is 4.85. The highest BCUT2D eigenvalue weighted by atomic mass is 16.5. The Morgan fingerprint density at radius 3 is 2.43 bits per heavy atom. The minimum Gasteiger partial charge on any atom is -0.497 e. The molecule has 1 heterocycles. The lowest BCUT2D eigenvalue weighted by molar-refractivity contribution is -0.144. The zero-order valence-corrected chi connectivity index (χ0v) is 11.9. The van der Waals surface area contributed by atoms with Crippen LogP contribution in [-0.2, 0) is 9.53 Å². The molecule has 2 atom stereocenters. The van der Waals surface area contributed by atoms with Crippen LogP contribution in [-0.4, -0.2) is 20.2 Å². The SMILES string of the molecule is COC(=O)[C@H]1c2ccccc2O[C@@H]1c1ccc(OC)cc1. The van der Waals surface area contributed by atoms with Gasteiger partial charge in [0.05, 0.1) is 14.2 Å². The second kappa shape index (κ2) is 5.48. The lowest BCUT2D eigenvalue weighted by atomic mass is 9.91. The van der Waals surface area contributed by atoms with Gasteiger partial charge >= 0.3 is 5.97 Å². The Balaban J connectivity index is 1.99. The number of carbonyl (C=O) groups excluding carboxylic acids is 1. The molecule has 0 N–H and O–H groups in total. The van der Waals surface area contributed by atoms with Gasteiger partial charge in [0, 0.05) is 5.56 Å². The van der Waals surface area contributed by atoms with E-state index in [0.717, 1.165) is 22.6 Å². The topological polar surface area (TPSA) is 44.8 Å². The average Bonchev–Trinajstić information content (AvgIpc) is 2.93. The summed E-state index contributed by atoms with van der Waals surface area (Å²) in [6.45, 7) is 0. The van der Waals surface area contributed by atoms with Crippen LogP contribution in [0.5, 0.6) is 11.5 Å². The normalized spacial score (nSPS) is 19.5. The van der Waals surface area contributed by atoms with Gasteiger partial charge in [0.15, 0.2) is 0 Å². The minimum absolute atomic E-state index is 0.291. The number of fused-ring (bicyclic) bond motifs is 1. The maximum absolute atomic E-state index is 12.2. The summed E-state index contributed by atoms with van der Waals surface area (Å²) in [5.74, 6) is 0.762. The molecule has 1 aliphatic heterocycles. The highest BCUT2D eigenvalue weighted by molar-refractivity contribution is 5.81. The van der Waals surface area contributed by atoms with E-state index in [1.807, 2.05) is 48.5 Å². The standard InChI is InChI=1S/C17H16O4/c1-19-12-9-7-11(8-10-12)16-15(17(18)20-2)13-5-3-4-6-14(13)21-16/h3-10,15-16H,1-2H3/t15-,16+/m0/s1. The molecule has 0 unspecified atom stereocenters. The molecular weight excluding hydrogens is 268 g/mol. The van der Waals surface area contributed by atoms with Crippen molar-refractivity contribution < 1.29 is 19.0 Å². The highest BCUT2D eigenvalue weighted by Gasteiger charge is 2.41. The molecule has 2 aromatic rings. The third-order valence-corrected chi connectivity index (χ3v) is 3.71. The first kappa shape index (κ1) is 13.5. The molecule has 108 valence electrons. The smallest absolute Gasteiger partial charge is 0.317 e. The van der Waals surface area contributed by atoms with Crippen molar-refractivity contribution in [3.63, 3.8) is 0 Å². The van der Waals surface area contributed by atoms with Gasteiger partial charge in [0.1, 0.15) is 23.5 Å². The summed E-state index contributed by atoms with van der Waals surface area (Å²) in [5, 5.41) is 0. The van der Waals surface area contributed by atoms with Crippen molar-refractivity contribution in [2.24, 2.45) is 0 Å². The first-order valence-corrected chi connectivity index (χ1v) is 6.72. The number of methoxy groups -OCH3 is 2. The summed E-state index contributed by atoms with van der Waals surface area (Å²) in [7, 11) is 3.02. The van der Waals surface area contributed by atoms with Crippen LogP contribution in [0.3, 0.4) is 0 Å². The van der Waals surface area contributed by atoms with Crippen molar-refractivity contribution in [1.29, 1.82) is 0 Å². The summed E-state index contributed by atoms with van der Waals surface area (Å²) >= 11 is 0. The Labute approximate surface area is 123 Å². The first-order chi connectivity index (χ1) is 10.2. The minimum atomic E-state index is -0.445. The van der Waals surface area contributed by atoms with E-state index < -0.39 is 5.92 Å². The van der Waals surface area contributed by atoms with Crippen LogP contribution in [0, 0.1) is 0 Å². The number of benzene rings is 2. The molecule has 0 saturated carbocycles. The molecule has 0 saturated heterocycles. The summed E-state index contributed by atoms with van der Waals surface area (Å²) < 4.78 is 16.1. The molecule has 4 heteroatoms. The molecule has 4 nitrogen and oxygen atoms in total. The first-order valence-electron chi connectivity index (χ1n) is 6.72. The molecule has 0 aromatic heterocycles. The van der Waals surface area contributed by atoms with Gasteiger partial charge in [0.2, 0.25) is 0 Å². The lowest BCUT2D eigenvalue weighted by Gasteiger charge is -2.17. The third-order valence-electron chi connectivity index (χ3n) is 3.71. The van der Waals surface area contributed by atoms with Gasteiger partial charge in [-0.3, -0.25) is 4.79 Å². The molecule has 3 rings (SSSR count). The number of hydrogen-bond donors (Lipinski definition) is 0. The van der Waals surface area contributed by atoms with Crippen molar-refractivity contribution in [2.45, 2.75) is 12.0 Å². The fraction of sp³-hybridized carbons (Fsp3) is 0.235. The number of carbonyl (C=O) groups is 1. The highest BCUT2D eigenvalue weighted by Crippen LogP contribution is 2.46. The van der Waals surface area contributed by atoms with Crippen molar-refractivity contribution >= 4 is 5.97 Å². The fourth-order valence-corrected chi connectivity index (χ4v) is 2.64. The number of esters is 1. The fourth-order valence-electron chi connectivity index (χ4n) is 2.64. The quantitative estimate of drug-likeness (QED) is 0.812. The Morgan fingerprint density at radius 2 is 1.76 bits per heavy atom. The van der Waals surface area contributed by atoms with Crippen LogP contribution in [0.4, 0.5) is 0 Å². The zero-order chi connectivity index (χ0) is 14.8. The maximum atomic E-state index is 12.2. The van der Waals surface area contributed by atoms with Gasteiger partial charge in [-0.1, -0.05) is 30.3 Å². The number of hydrogen-bond acceptors (Lipinski definition) is 4. The summed E-state index contributed by atoms with van der Waals surface area (Å²) in [4.78, 5) is 12.2. The van der Waals surface area contributed by atoms with Crippen LogP contribution >= 0.6 is 0 Å². The van der Waals surface area contributed by atoms with E-state index in [9.17, 15) is 4.79 Å². The molecule has 0 aliphatic carbocycles. The van der Waals surface area contributed by atoms with Gasteiger partial charge in [0.25, 0.3) is 0 Å². The van der Waals surface area contributed by atoms with Crippen molar-refractivity contribution in [1.82, 2.24) is 0 Å². The Kier molecular flexibility index (Phi) is 3.52. The van der Waals surface area contributed by atoms with Gasteiger partial charge in [-0.05, 0) is 23.8 Å². The lowest BCUT2D eigenvalue weighted by Crippen LogP contribution is -2.20. The van der Waals surface area contributed by atoms with E-state index in [1.165, 1.54) is 7.11 Å². The molecule has 0 amide bonds. The number of para-hydroxylation sites is 1. The second-order valence-corrected chi connectivity index (χ2v) is 4.85. The average molecular weight is 284 g/mol. The summed E-state index contributed by atoms with van der Waals surface area (Å²) in [6.07, 6.45) is -0.374. The third kappa shape index (κ3) is 2.33. The van der Waals surface area contributed by atoms with E-state index in [2.05, 4.69) is 0 Å². The molecular formula is C17H16O4. The van der Waals surface area contributed by atoms with Gasteiger partial charge < -0.3 is 14.2 Å². The largest absolute Gasteiger partial charge is 0.497 e. The van der Waals surface area contributed by atoms with Crippen LogP contribution < -0.4 is 9.47 Å². The Morgan fingerprint density at radius 1 is 1.05 bits per heavy atom. The van der Waals surface area contributed by atoms with E-state index in [4.69, 9.17) is 14.2 Å². The van der Waals surface area contributed by atoms with Gasteiger partial charge in [-0.2, -0.15) is 0 Å². The molecule has 0 radical (unpaired) electrons. The number of rotatable bonds is 3. The molecule has 21 heavy (non-hydrogen) atoms. The Bertz CT molecular complexity index is 648. The van der Waals surface area contributed by atoms with E-state index in [-0.39, 0.29) is 12.1 Å². The van der Waals surface area contributed by atoms with Crippen LogP contribution in [0.15, 0.2) is 48.5 Å². The van der Waals surface area contributed by atoms with Crippen molar-refractivity contribution in [3.05, 3.63) is 59.7 Å². The molecule has 1 aliphatic rings. The monoisotopic (exact) mass is 284 g/mol. The van der Waals surface area contributed by atoms with E-state index in [0.29, 0.717) is 0 Å². The van der Waals surface area contributed by atoms with Crippen LogP contribution in [0.25, 0.3) is 0 Å². The Hall–Kier alpha value is -2.49. The predicted octanol–water partition coefficient (Wildman–Crippen LogP) is 3.09. The van der Waals surface area contributed by atoms with E-state index >= 15 is 0 Å². The van der Waals surface area contributed by atoms with Crippen LogP contribution in [0.2, 0.25) is 0 Å². The molecule has 0 bridgehead atoms. The summed E-state index contributed by atoms with van der Waals surface area (Å²) in [6, 6.07) is 15.1. The predicted molar refractivity (Wildman–Crippen MR) is 77.6 cm³/mol. The zero-order valence-electron chi connectivity index (χ0n) is 11.9. The summed E-state index contributed by atoms with van der Waals surface area (Å²) in [5.41, 5.74) is 1.78. The van der Waals surface area contributed by atoms with E-state index in [1.54, 1.807) is 7.11 Å². The van der Waals surface area contributed by atoms with Gasteiger partial charge in [-0.15, -0.1) is 0 Å². The maximum Gasteiger partial charge on any atom is 0.317 e. The van der Waals surface area contributed by atoms with Crippen LogP contribution in [0.1, 0.15) is 23.1 Å². The molecule has 2 aromatic carbocycles. The number of ether oxygens (including phenoxy) is 3. The van der Waals surface area contributed by atoms with Crippen molar-refractivity contribution in [2.75, 3.05) is 14.2 Å². The van der Waals surface area contributed by atoms with Crippen molar-refractivity contribution in [3.8, 4) is 11.5 Å². The van der Waals surface area contributed by atoms with Gasteiger partial charge in [-0.25, -0.2) is 0 Å². The molecule has 0 spiro atoms.